The molecule has 0 saturated heterocycles. The number of amides is 1. The van der Waals surface area contributed by atoms with Crippen molar-refractivity contribution in [2.45, 2.75) is 13.3 Å². The minimum atomic E-state index is -3.42. The molecule has 0 aliphatic heterocycles. The molecule has 6 heteroatoms. The van der Waals surface area contributed by atoms with Gasteiger partial charge in [-0.1, -0.05) is 48.5 Å². The molecule has 0 unspecified atom stereocenters. The topological polar surface area (TPSA) is 66.5 Å². The molecule has 0 fully saturated rings. The van der Waals surface area contributed by atoms with Gasteiger partial charge in [-0.3, -0.25) is 9.10 Å². The minimum Gasteiger partial charge on any atom is -0.354 e. The van der Waals surface area contributed by atoms with E-state index in [4.69, 9.17) is 0 Å². The molecule has 0 heterocycles. The number of para-hydroxylation sites is 1. The third-order valence-electron chi connectivity index (χ3n) is 3.63. The fraction of sp³-hybridized carbons (Fsp3) is 0.278. The summed E-state index contributed by atoms with van der Waals surface area (Å²) in [6.45, 7) is 2.32. The lowest BCUT2D eigenvalue weighted by Gasteiger charge is -2.24. The molecule has 5 nitrogen and oxygen atoms in total. The van der Waals surface area contributed by atoms with Crippen molar-refractivity contribution >= 4 is 21.6 Å². The number of benzene rings is 2. The number of sulfonamides is 1. The first-order valence-electron chi connectivity index (χ1n) is 7.72. The summed E-state index contributed by atoms with van der Waals surface area (Å²) < 4.78 is 25.5. The van der Waals surface area contributed by atoms with Crippen LogP contribution in [0.25, 0.3) is 0 Å². The van der Waals surface area contributed by atoms with Crippen LogP contribution in [0.5, 0.6) is 0 Å². The standard InChI is InChI=1S/C18H22N2O3S/c1-15-8-6-7-11-17(15)20(24(2,22)23)13-12-19-18(21)14-16-9-4-3-5-10-16/h3-11H,12-14H2,1-2H3,(H,19,21). The quantitative estimate of drug-likeness (QED) is 0.835. The van der Waals surface area contributed by atoms with E-state index in [1.54, 1.807) is 12.1 Å². The van der Waals surface area contributed by atoms with Gasteiger partial charge >= 0.3 is 0 Å². The first kappa shape index (κ1) is 18.0. The zero-order valence-corrected chi connectivity index (χ0v) is 14.7. The molecule has 128 valence electrons. The molecule has 0 atom stereocenters. The van der Waals surface area contributed by atoms with Gasteiger partial charge in [-0.05, 0) is 24.1 Å². The van der Waals surface area contributed by atoms with Crippen molar-refractivity contribution in [3.63, 3.8) is 0 Å². The SMILES string of the molecule is Cc1ccccc1N(CCNC(=O)Cc1ccccc1)S(C)(=O)=O. The average molecular weight is 346 g/mol. The Kier molecular flexibility index (Phi) is 5.98. The maximum Gasteiger partial charge on any atom is 0.232 e. The molecule has 0 aliphatic carbocycles. The summed E-state index contributed by atoms with van der Waals surface area (Å²) in [5.41, 5.74) is 2.43. The van der Waals surface area contributed by atoms with E-state index in [-0.39, 0.29) is 25.4 Å². The smallest absolute Gasteiger partial charge is 0.232 e. The van der Waals surface area contributed by atoms with E-state index < -0.39 is 10.0 Å². The lowest BCUT2D eigenvalue weighted by Crippen LogP contribution is -2.38. The summed E-state index contributed by atoms with van der Waals surface area (Å²) in [7, 11) is -3.42. The molecule has 2 aromatic carbocycles. The van der Waals surface area contributed by atoms with Gasteiger partial charge in [-0.25, -0.2) is 8.42 Å². The zero-order chi connectivity index (χ0) is 17.6. The van der Waals surface area contributed by atoms with E-state index in [0.29, 0.717) is 5.69 Å². The Bertz CT molecular complexity index is 789. The van der Waals surface area contributed by atoms with Gasteiger partial charge in [0.1, 0.15) is 0 Å². The van der Waals surface area contributed by atoms with Crippen LogP contribution >= 0.6 is 0 Å². The van der Waals surface area contributed by atoms with E-state index in [1.165, 1.54) is 10.6 Å². The highest BCUT2D eigenvalue weighted by atomic mass is 32.2. The van der Waals surface area contributed by atoms with Gasteiger partial charge in [0.2, 0.25) is 15.9 Å². The molecule has 0 radical (unpaired) electrons. The summed E-state index contributed by atoms with van der Waals surface area (Å²) in [5.74, 6) is -0.126. The Balaban J connectivity index is 1.97. The molecule has 24 heavy (non-hydrogen) atoms. The number of aryl methyl sites for hydroxylation is 1. The monoisotopic (exact) mass is 346 g/mol. The van der Waals surface area contributed by atoms with Crippen molar-refractivity contribution in [1.29, 1.82) is 0 Å². The average Bonchev–Trinajstić information content (AvgIpc) is 2.52. The number of carbonyl (C=O) groups excluding carboxylic acids is 1. The molecule has 2 aromatic rings. The number of anilines is 1. The van der Waals surface area contributed by atoms with Crippen LogP contribution in [0.15, 0.2) is 54.6 Å². The second-order valence-electron chi connectivity index (χ2n) is 5.63. The molecule has 0 bridgehead atoms. The Morgan fingerprint density at radius 3 is 2.29 bits per heavy atom. The number of carbonyl (C=O) groups is 1. The van der Waals surface area contributed by atoms with Crippen LogP contribution in [0, 0.1) is 6.92 Å². The second-order valence-corrected chi connectivity index (χ2v) is 7.54. The van der Waals surface area contributed by atoms with Crippen molar-refractivity contribution in [2.24, 2.45) is 0 Å². The summed E-state index contributed by atoms with van der Waals surface area (Å²) >= 11 is 0. The maximum atomic E-state index is 12.1. The lowest BCUT2D eigenvalue weighted by atomic mass is 10.1. The van der Waals surface area contributed by atoms with Crippen LogP contribution in [0.3, 0.4) is 0 Å². The highest BCUT2D eigenvalue weighted by Crippen LogP contribution is 2.21. The molecule has 1 amide bonds. The fourth-order valence-electron chi connectivity index (χ4n) is 2.45. The number of rotatable bonds is 7. The van der Waals surface area contributed by atoms with Crippen molar-refractivity contribution in [3.8, 4) is 0 Å². The third kappa shape index (κ3) is 5.09. The van der Waals surface area contributed by atoms with Crippen LogP contribution < -0.4 is 9.62 Å². The van der Waals surface area contributed by atoms with E-state index in [1.807, 2.05) is 49.4 Å². The number of nitrogens with zero attached hydrogens (tertiary/aromatic N) is 1. The minimum absolute atomic E-state index is 0.126. The van der Waals surface area contributed by atoms with Gasteiger partial charge in [0, 0.05) is 6.54 Å². The highest BCUT2D eigenvalue weighted by molar-refractivity contribution is 7.92. The summed E-state index contributed by atoms with van der Waals surface area (Å²) in [4.78, 5) is 12.0. The Labute approximate surface area is 143 Å². The number of hydrogen-bond acceptors (Lipinski definition) is 3. The lowest BCUT2D eigenvalue weighted by molar-refractivity contribution is -0.120. The van der Waals surface area contributed by atoms with E-state index in [9.17, 15) is 13.2 Å². The molecule has 0 saturated carbocycles. The first-order chi connectivity index (χ1) is 11.4. The molecule has 1 N–H and O–H groups in total. The van der Waals surface area contributed by atoms with E-state index >= 15 is 0 Å². The maximum absolute atomic E-state index is 12.1. The molecule has 0 aromatic heterocycles. The second kappa shape index (κ2) is 7.97. The van der Waals surface area contributed by atoms with Gasteiger partial charge in [-0.15, -0.1) is 0 Å². The van der Waals surface area contributed by atoms with Crippen LogP contribution in [-0.2, 0) is 21.2 Å². The predicted molar refractivity (Wildman–Crippen MR) is 96.5 cm³/mol. The summed E-state index contributed by atoms with van der Waals surface area (Å²) in [6.07, 6.45) is 1.45. The van der Waals surface area contributed by atoms with Crippen LogP contribution in [0.4, 0.5) is 5.69 Å². The molecular formula is C18H22N2O3S. The van der Waals surface area contributed by atoms with Crippen LogP contribution in [0.2, 0.25) is 0 Å². The molecule has 0 aliphatic rings. The molecular weight excluding hydrogens is 324 g/mol. The van der Waals surface area contributed by atoms with Gasteiger partial charge < -0.3 is 5.32 Å². The van der Waals surface area contributed by atoms with Gasteiger partial charge in [0.05, 0.1) is 24.9 Å². The van der Waals surface area contributed by atoms with E-state index in [2.05, 4.69) is 5.32 Å². The van der Waals surface area contributed by atoms with Crippen molar-refractivity contribution in [3.05, 3.63) is 65.7 Å². The van der Waals surface area contributed by atoms with Crippen molar-refractivity contribution in [2.75, 3.05) is 23.7 Å². The highest BCUT2D eigenvalue weighted by Gasteiger charge is 2.18. The Morgan fingerprint density at radius 1 is 1.04 bits per heavy atom. The Hall–Kier alpha value is -2.34. The van der Waals surface area contributed by atoms with Crippen molar-refractivity contribution in [1.82, 2.24) is 5.32 Å². The van der Waals surface area contributed by atoms with Gasteiger partial charge in [-0.2, -0.15) is 0 Å². The van der Waals surface area contributed by atoms with E-state index in [0.717, 1.165) is 11.1 Å². The zero-order valence-electron chi connectivity index (χ0n) is 13.9. The summed E-state index contributed by atoms with van der Waals surface area (Å²) in [5, 5.41) is 2.78. The number of hydrogen-bond donors (Lipinski definition) is 1. The normalized spacial score (nSPS) is 11.1. The van der Waals surface area contributed by atoms with Crippen LogP contribution in [-0.4, -0.2) is 33.7 Å². The third-order valence-corrected chi connectivity index (χ3v) is 4.81. The van der Waals surface area contributed by atoms with Crippen molar-refractivity contribution < 1.29 is 13.2 Å². The molecule has 2 rings (SSSR count). The first-order valence-corrected chi connectivity index (χ1v) is 9.57. The summed E-state index contributed by atoms with van der Waals surface area (Å²) in [6, 6.07) is 16.7. The Morgan fingerprint density at radius 2 is 1.67 bits per heavy atom. The van der Waals surface area contributed by atoms with Gasteiger partial charge in [0.15, 0.2) is 0 Å². The van der Waals surface area contributed by atoms with Gasteiger partial charge in [0.25, 0.3) is 0 Å². The number of nitrogens with one attached hydrogen (secondary N) is 1. The largest absolute Gasteiger partial charge is 0.354 e. The molecule has 0 spiro atoms. The predicted octanol–water partition coefficient (Wildman–Crippen LogP) is 2.12. The fourth-order valence-corrected chi connectivity index (χ4v) is 3.43. The van der Waals surface area contributed by atoms with Crippen LogP contribution in [0.1, 0.15) is 11.1 Å².